The molecular weight excluding hydrogens is 364 g/mol. The Bertz CT molecular complexity index is 954. The van der Waals surface area contributed by atoms with Crippen LogP contribution in [0, 0.1) is 0 Å². The number of carbonyl (C=O) groups is 1. The molecule has 0 saturated heterocycles. The Morgan fingerprint density at radius 1 is 1.17 bits per heavy atom. The summed E-state index contributed by atoms with van der Waals surface area (Å²) in [6.07, 6.45) is 9.81. The molecule has 3 aromatic rings. The number of carbonyl (C=O) groups excluding carboxylic acids is 1. The molecule has 150 valence electrons. The predicted molar refractivity (Wildman–Crippen MR) is 110 cm³/mol. The maximum Gasteiger partial charge on any atom is 0.243 e. The summed E-state index contributed by atoms with van der Waals surface area (Å²) >= 11 is 0. The van der Waals surface area contributed by atoms with Crippen molar-refractivity contribution in [3.63, 3.8) is 0 Å². The summed E-state index contributed by atoms with van der Waals surface area (Å²) in [6, 6.07) is 7.66. The highest BCUT2D eigenvalue weighted by Gasteiger charge is 2.36. The van der Waals surface area contributed by atoms with E-state index in [0.717, 1.165) is 35.5 Å². The van der Waals surface area contributed by atoms with Crippen LogP contribution in [0.2, 0.25) is 0 Å². The molecule has 7 heteroatoms. The van der Waals surface area contributed by atoms with Crippen LogP contribution in [-0.2, 0) is 24.3 Å². The molecule has 0 radical (unpaired) electrons. The second-order valence-corrected chi connectivity index (χ2v) is 7.64. The molecule has 1 aliphatic heterocycles. The third-order valence-electron chi connectivity index (χ3n) is 5.30. The fourth-order valence-corrected chi connectivity index (χ4v) is 3.84. The minimum Gasteiger partial charge on any atom is -0.350 e. The van der Waals surface area contributed by atoms with Crippen LogP contribution in [0.15, 0.2) is 55.4 Å². The van der Waals surface area contributed by atoms with Gasteiger partial charge in [0.1, 0.15) is 6.04 Å². The number of nitrogens with zero attached hydrogens (tertiary/aromatic N) is 5. The average molecular weight is 390 g/mol. The van der Waals surface area contributed by atoms with Gasteiger partial charge in [-0.1, -0.05) is 6.07 Å². The van der Waals surface area contributed by atoms with E-state index in [2.05, 4.69) is 43.6 Å². The zero-order valence-corrected chi connectivity index (χ0v) is 16.8. The van der Waals surface area contributed by atoms with Gasteiger partial charge in [0.2, 0.25) is 5.91 Å². The van der Waals surface area contributed by atoms with Crippen LogP contribution in [0.3, 0.4) is 0 Å². The second kappa shape index (κ2) is 8.53. The molecule has 4 rings (SSSR count). The van der Waals surface area contributed by atoms with Crippen LogP contribution in [-0.4, -0.2) is 36.9 Å². The van der Waals surface area contributed by atoms with Crippen molar-refractivity contribution in [1.82, 2.24) is 29.7 Å². The van der Waals surface area contributed by atoms with Crippen LogP contribution in [0.4, 0.5) is 0 Å². The van der Waals surface area contributed by atoms with E-state index < -0.39 is 0 Å². The van der Waals surface area contributed by atoms with Gasteiger partial charge in [-0.15, -0.1) is 0 Å². The van der Waals surface area contributed by atoms with Crippen molar-refractivity contribution in [1.29, 1.82) is 0 Å². The predicted octanol–water partition coefficient (Wildman–Crippen LogP) is 2.67. The molecule has 1 atom stereocenters. The highest BCUT2D eigenvalue weighted by Crippen LogP contribution is 2.32. The van der Waals surface area contributed by atoms with Crippen LogP contribution in [0.1, 0.15) is 48.4 Å². The van der Waals surface area contributed by atoms with Crippen molar-refractivity contribution in [3.05, 3.63) is 77.9 Å². The quantitative estimate of drug-likeness (QED) is 0.700. The lowest BCUT2D eigenvalue weighted by atomic mass is 10.00. The van der Waals surface area contributed by atoms with Crippen molar-refractivity contribution in [2.45, 2.75) is 45.4 Å². The zero-order valence-electron chi connectivity index (χ0n) is 16.8. The number of hydrogen-bond donors (Lipinski definition) is 1. The van der Waals surface area contributed by atoms with Gasteiger partial charge >= 0.3 is 0 Å². The molecule has 0 aliphatic carbocycles. The fourth-order valence-electron chi connectivity index (χ4n) is 3.84. The number of nitrogens with one attached hydrogen (secondary N) is 1. The summed E-state index contributed by atoms with van der Waals surface area (Å²) in [4.78, 5) is 28.5. The van der Waals surface area contributed by atoms with E-state index in [1.54, 1.807) is 18.6 Å². The van der Waals surface area contributed by atoms with Crippen LogP contribution < -0.4 is 5.32 Å². The third kappa shape index (κ3) is 4.19. The SMILES string of the molecule is CC(C)n1cnc2c1[C@@H](C(=O)NCc1ccncc1)N(Cc1cccnc1)CC2. The van der Waals surface area contributed by atoms with E-state index in [4.69, 9.17) is 0 Å². The van der Waals surface area contributed by atoms with Crippen molar-refractivity contribution >= 4 is 5.91 Å². The van der Waals surface area contributed by atoms with E-state index in [-0.39, 0.29) is 18.0 Å². The van der Waals surface area contributed by atoms with E-state index >= 15 is 0 Å². The normalized spacial score (nSPS) is 16.6. The highest BCUT2D eigenvalue weighted by atomic mass is 16.2. The summed E-state index contributed by atoms with van der Waals surface area (Å²) in [6.45, 7) is 6.17. The Morgan fingerprint density at radius 3 is 2.72 bits per heavy atom. The number of pyridine rings is 2. The molecule has 1 aliphatic rings. The molecular formula is C22H26N6O. The van der Waals surface area contributed by atoms with E-state index in [1.807, 2.05) is 36.8 Å². The van der Waals surface area contributed by atoms with Crippen molar-refractivity contribution in [2.24, 2.45) is 0 Å². The number of imidazole rings is 1. The van der Waals surface area contributed by atoms with E-state index in [0.29, 0.717) is 13.1 Å². The van der Waals surface area contributed by atoms with Gasteiger partial charge in [-0.2, -0.15) is 0 Å². The van der Waals surface area contributed by atoms with Gasteiger partial charge in [0, 0.05) is 56.9 Å². The first kappa shape index (κ1) is 19.3. The van der Waals surface area contributed by atoms with Gasteiger partial charge in [-0.3, -0.25) is 19.7 Å². The number of fused-ring (bicyclic) bond motifs is 1. The molecule has 1 amide bonds. The van der Waals surface area contributed by atoms with Crippen LogP contribution >= 0.6 is 0 Å². The largest absolute Gasteiger partial charge is 0.350 e. The van der Waals surface area contributed by atoms with Crippen molar-refractivity contribution < 1.29 is 4.79 Å². The topological polar surface area (TPSA) is 75.9 Å². The summed E-state index contributed by atoms with van der Waals surface area (Å²) in [7, 11) is 0. The molecule has 0 unspecified atom stereocenters. The second-order valence-electron chi connectivity index (χ2n) is 7.64. The van der Waals surface area contributed by atoms with E-state index in [9.17, 15) is 4.79 Å². The van der Waals surface area contributed by atoms with Crippen LogP contribution in [0.5, 0.6) is 0 Å². The molecule has 0 spiro atoms. The molecule has 3 aromatic heterocycles. The number of rotatable bonds is 6. The van der Waals surface area contributed by atoms with Crippen molar-refractivity contribution in [2.75, 3.05) is 6.54 Å². The first-order chi connectivity index (χ1) is 14.1. The Balaban J connectivity index is 1.62. The van der Waals surface area contributed by atoms with Crippen LogP contribution in [0.25, 0.3) is 0 Å². The first-order valence-corrected chi connectivity index (χ1v) is 9.98. The van der Waals surface area contributed by atoms with Gasteiger partial charge < -0.3 is 9.88 Å². The zero-order chi connectivity index (χ0) is 20.2. The van der Waals surface area contributed by atoms with Gasteiger partial charge in [0.05, 0.1) is 17.7 Å². The summed E-state index contributed by atoms with van der Waals surface area (Å²) < 4.78 is 2.13. The molecule has 0 aromatic carbocycles. The number of hydrogen-bond acceptors (Lipinski definition) is 5. The standard InChI is InChI=1S/C22H26N6O/c1-16(2)28-15-26-19-7-11-27(14-18-4-3-8-24-12-18)21(20(19)28)22(29)25-13-17-5-9-23-10-6-17/h3-6,8-10,12,15-16,21H,7,11,13-14H2,1-2H3,(H,25,29)/t21-/m0/s1. The molecule has 7 nitrogen and oxygen atoms in total. The minimum absolute atomic E-state index is 0.00551. The summed E-state index contributed by atoms with van der Waals surface area (Å²) in [5, 5.41) is 3.12. The van der Waals surface area contributed by atoms with Gasteiger partial charge in [-0.25, -0.2) is 4.98 Å². The molecule has 29 heavy (non-hydrogen) atoms. The molecule has 1 N–H and O–H groups in total. The maximum absolute atomic E-state index is 13.4. The summed E-state index contributed by atoms with van der Waals surface area (Å²) in [5.74, 6) is -0.00551. The number of aromatic nitrogens is 4. The van der Waals surface area contributed by atoms with E-state index in [1.165, 1.54) is 0 Å². The fraction of sp³-hybridized carbons (Fsp3) is 0.364. The third-order valence-corrected chi connectivity index (χ3v) is 5.30. The van der Waals surface area contributed by atoms with Gasteiger partial charge in [-0.05, 0) is 43.2 Å². The van der Waals surface area contributed by atoms with Crippen molar-refractivity contribution in [3.8, 4) is 0 Å². The van der Waals surface area contributed by atoms with Gasteiger partial charge in [0.15, 0.2) is 0 Å². The molecule has 0 fully saturated rings. The Morgan fingerprint density at radius 2 is 2.00 bits per heavy atom. The highest BCUT2D eigenvalue weighted by molar-refractivity contribution is 5.83. The first-order valence-electron chi connectivity index (χ1n) is 9.98. The Hall–Kier alpha value is -3.06. The Kier molecular flexibility index (Phi) is 5.67. The minimum atomic E-state index is -0.384. The smallest absolute Gasteiger partial charge is 0.243 e. The summed E-state index contributed by atoms with van der Waals surface area (Å²) in [5.41, 5.74) is 4.15. The number of amides is 1. The average Bonchev–Trinajstić information content (AvgIpc) is 3.18. The maximum atomic E-state index is 13.4. The lowest BCUT2D eigenvalue weighted by molar-refractivity contribution is -0.127. The molecule has 4 heterocycles. The lowest BCUT2D eigenvalue weighted by Crippen LogP contribution is -2.45. The molecule has 0 saturated carbocycles. The molecule has 0 bridgehead atoms. The van der Waals surface area contributed by atoms with Gasteiger partial charge in [0.25, 0.3) is 0 Å². The lowest BCUT2D eigenvalue weighted by Gasteiger charge is -2.35. The monoisotopic (exact) mass is 390 g/mol. The Labute approximate surface area is 170 Å².